The molecule has 1 atom stereocenters. The van der Waals surface area contributed by atoms with Crippen LogP contribution in [0.4, 0.5) is 10.1 Å². The standard InChI is InChI=1S/C22H30N4O4S3/c1-5-13(6-2)18(28)24-21-25-26-22(33-21)31-12(4)17(27)23-19-16(20(29)30-7-3)14-10-8-9-11-15(14)32-19/h12-13H,5-11H2,1-4H3,(H,23,27)(H,24,25,28). The van der Waals surface area contributed by atoms with Gasteiger partial charge in [0.25, 0.3) is 0 Å². The van der Waals surface area contributed by atoms with Crippen LogP contribution in [0.3, 0.4) is 0 Å². The molecule has 0 saturated heterocycles. The van der Waals surface area contributed by atoms with Crippen LogP contribution in [0.2, 0.25) is 0 Å². The Hall–Kier alpha value is -1.98. The Morgan fingerprint density at radius 2 is 1.76 bits per heavy atom. The Balaban J connectivity index is 1.66. The molecule has 2 aromatic rings. The molecule has 0 saturated carbocycles. The first-order chi connectivity index (χ1) is 15.9. The molecule has 33 heavy (non-hydrogen) atoms. The van der Waals surface area contributed by atoms with Gasteiger partial charge in [-0.15, -0.1) is 21.5 Å². The molecule has 1 aliphatic rings. The highest BCUT2D eigenvalue weighted by Crippen LogP contribution is 2.39. The van der Waals surface area contributed by atoms with E-state index in [0.717, 1.165) is 49.0 Å². The lowest BCUT2D eigenvalue weighted by Gasteiger charge is -2.13. The summed E-state index contributed by atoms with van der Waals surface area (Å²) in [6.07, 6.45) is 5.39. The molecule has 2 heterocycles. The summed E-state index contributed by atoms with van der Waals surface area (Å²) in [5.41, 5.74) is 1.52. The van der Waals surface area contributed by atoms with Crippen LogP contribution in [0.1, 0.15) is 74.2 Å². The zero-order valence-electron chi connectivity index (χ0n) is 19.4. The molecule has 0 bridgehead atoms. The van der Waals surface area contributed by atoms with E-state index in [2.05, 4.69) is 20.8 Å². The second-order valence-electron chi connectivity index (χ2n) is 7.76. The first-order valence-corrected chi connectivity index (χ1v) is 13.8. The van der Waals surface area contributed by atoms with Crippen LogP contribution in [-0.4, -0.2) is 39.8 Å². The molecular weight excluding hydrogens is 480 g/mol. The Morgan fingerprint density at radius 1 is 1.03 bits per heavy atom. The molecule has 0 fully saturated rings. The number of thiophene rings is 1. The van der Waals surface area contributed by atoms with Crippen molar-refractivity contribution >= 4 is 62.4 Å². The molecule has 2 N–H and O–H groups in total. The third kappa shape index (κ3) is 6.33. The van der Waals surface area contributed by atoms with Gasteiger partial charge in [0.15, 0.2) is 4.34 Å². The predicted molar refractivity (Wildman–Crippen MR) is 133 cm³/mol. The van der Waals surface area contributed by atoms with E-state index in [1.807, 2.05) is 13.8 Å². The maximum absolute atomic E-state index is 12.9. The monoisotopic (exact) mass is 510 g/mol. The van der Waals surface area contributed by atoms with E-state index in [0.29, 0.717) is 20.0 Å². The Kier molecular flexibility index (Phi) is 9.27. The van der Waals surface area contributed by atoms with Gasteiger partial charge in [0.2, 0.25) is 16.9 Å². The molecule has 3 rings (SSSR count). The first kappa shape index (κ1) is 25.6. The quantitative estimate of drug-likeness (QED) is 0.258. The van der Waals surface area contributed by atoms with Crippen molar-refractivity contribution in [2.24, 2.45) is 5.92 Å². The van der Waals surface area contributed by atoms with Crippen LogP contribution >= 0.6 is 34.4 Å². The van der Waals surface area contributed by atoms with Crippen molar-refractivity contribution in [3.63, 3.8) is 0 Å². The van der Waals surface area contributed by atoms with Gasteiger partial charge in [0.1, 0.15) is 5.00 Å². The van der Waals surface area contributed by atoms with Gasteiger partial charge in [-0.25, -0.2) is 4.79 Å². The van der Waals surface area contributed by atoms with Crippen molar-refractivity contribution in [1.29, 1.82) is 0 Å². The van der Waals surface area contributed by atoms with Crippen molar-refractivity contribution in [3.8, 4) is 0 Å². The molecule has 0 spiro atoms. The third-order valence-corrected chi connectivity index (χ3v) is 8.76. The van der Waals surface area contributed by atoms with Crippen molar-refractivity contribution in [3.05, 3.63) is 16.0 Å². The summed E-state index contributed by atoms with van der Waals surface area (Å²) in [6, 6.07) is 0. The molecule has 8 nitrogen and oxygen atoms in total. The first-order valence-electron chi connectivity index (χ1n) is 11.3. The number of ether oxygens (including phenoxy) is 1. The summed E-state index contributed by atoms with van der Waals surface area (Å²) in [7, 11) is 0. The molecule has 1 aliphatic carbocycles. The zero-order valence-corrected chi connectivity index (χ0v) is 21.8. The van der Waals surface area contributed by atoms with E-state index in [1.165, 1.54) is 34.4 Å². The number of nitrogens with one attached hydrogen (secondary N) is 2. The molecular formula is C22H30N4O4S3. The Labute approximate surface area is 206 Å². The highest BCUT2D eigenvalue weighted by molar-refractivity contribution is 8.02. The van der Waals surface area contributed by atoms with Crippen LogP contribution in [0.5, 0.6) is 0 Å². The topological polar surface area (TPSA) is 110 Å². The molecule has 0 aromatic carbocycles. The van der Waals surface area contributed by atoms with Crippen LogP contribution < -0.4 is 10.6 Å². The number of fused-ring (bicyclic) bond motifs is 1. The molecule has 180 valence electrons. The molecule has 2 aromatic heterocycles. The maximum atomic E-state index is 12.9. The van der Waals surface area contributed by atoms with Crippen LogP contribution in [-0.2, 0) is 27.2 Å². The summed E-state index contributed by atoms with van der Waals surface area (Å²) in [4.78, 5) is 38.9. The van der Waals surface area contributed by atoms with Gasteiger partial charge in [-0.1, -0.05) is 36.9 Å². The lowest BCUT2D eigenvalue weighted by atomic mass is 9.95. The lowest BCUT2D eigenvalue weighted by molar-refractivity contribution is -0.120. The number of carbonyl (C=O) groups excluding carboxylic acids is 3. The average molecular weight is 511 g/mol. The SMILES string of the molecule is CCOC(=O)c1c(NC(=O)C(C)Sc2nnc(NC(=O)C(CC)CC)s2)sc2c1CCCC2. The van der Waals surface area contributed by atoms with Gasteiger partial charge in [-0.3, -0.25) is 9.59 Å². The summed E-state index contributed by atoms with van der Waals surface area (Å²) >= 11 is 3.98. The molecule has 11 heteroatoms. The number of esters is 1. The predicted octanol–water partition coefficient (Wildman–Crippen LogP) is 5.15. The molecule has 0 radical (unpaired) electrons. The molecule has 2 amide bonds. The fourth-order valence-corrected chi connectivity index (χ4v) is 6.85. The maximum Gasteiger partial charge on any atom is 0.341 e. The van der Waals surface area contributed by atoms with E-state index < -0.39 is 5.25 Å². The van der Waals surface area contributed by atoms with E-state index in [9.17, 15) is 14.4 Å². The second-order valence-corrected chi connectivity index (χ2v) is 11.4. The smallest absolute Gasteiger partial charge is 0.341 e. The Morgan fingerprint density at radius 3 is 2.45 bits per heavy atom. The number of nitrogens with zero attached hydrogens (tertiary/aromatic N) is 2. The molecule has 0 aliphatic heterocycles. The highest BCUT2D eigenvalue weighted by atomic mass is 32.2. The van der Waals surface area contributed by atoms with Gasteiger partial charge in [-0.05, 0) is 57.9 Å². The summed E-state index contributed by atoms with van der Waals surface area (Å²) in [5, 5.41) is 14.4. The number of amides is 2. The summed E-state index contributed by atoms with van der Waals surface area (Å²) in [5.74, 6) is -0.719. The lowest BCUT2D eigenvalue weighted by Crippen LogP contribution is -2.23. The van der Waals surface area contributed by atoms with Crippen molar-refractivity contribution in [2.75, 3.05) is 17.2 Å². The van der Waals surface area contributed by atoms with E-state index in [4.69, 9.17) is 4.74 Å². The van der Waals surface area contributed by atoms with Gasteiger partial charge in [0, 0.05) is 10.8 Å². The number of hydrogen-bond donors (Lipinski definition) is 2. The molecule has 1 unspecified atom stereocenters. The van der Waals surface area contributed by atoms with Crippen LogP contribution in [0, 0.1) is 5.92 Å². The number of anilines is 2. The van der Waals surface area contributed by atoms with E-state index in [-0.39, 0.29) is 30.3 Å². The van der Waals surface area contributed by atoms with Gasteiger partial charge < -0.3 is 15.4 Å². The summed E-state index contributed by atoms with van der Waals surface area (Å²) in [6.45, 7) is 7.80. The largest absolute Gasteiger partial charge is 0.462 e. The van der Waals surface area contributed by atoms with Crippen LogP contribution in [0.15, 0.2) is 4.34 Å². The third-order valence-electron chi connectivity index (χ3n) is 5.53. The number of aryl methyl sites for hydroxylation is 1. The average Bonchev–Trinajstić information content (AvgIpc) is 3.38. The van der Waals surface area contributed by atoms with Crippen molar-refractivity contribution in [1.82, 2.24) is 10.2 Å². The minimum atomic E-state index is -0.463. The minimum Gasteiger partial charge on any atom is -0.462 e. The number of rotatable bonds is 10. The van der Waals surface area contributed by atoms with E-state index >= 15 is 0 Å². The van der Waals surface area contributed by atoms with Crippen molar-refractivity contribution in [2.45, 2.75) is 75.8 Å². The Bertz CT molecular complexity index is 1000. The number of aromatic nitrogens is 2. The number of carbonyl (C=O) groups is 3. The van der Waals surface area contributed by atoms with E-state index in [1.54, 1.807) is 13.8 Å². The summed E-state index contributed by atoms with van der Waals surface area (Å²) < 4.78 is 5.85. The van der Waals surface area contributed by atoms with Gasteiger partial charge >= 0.3 is 5.97 Å². The number of thioether (sulfide) groups is 1. The van der Waals surface area contributed by atoms with Gasteiger partial charge in [0.05, 0.1) is 17.4 Å². The van der Waals surface area contributed by atoms with Gasteiger partial charge in [-0.2, -0.15) is 0 Å². The minimum absolute atomic E-state index is 0.0556. The zero-order chi connectivity index (χ0) is 24.0. The van der Waals surface area contributed by atoms with Crippen LogP contribution in [0.25, 0.3) is 0 Å². The fourth-order valence-electron chi connectivity index (χ4n) is 3.67. The normalized spacial score (nSPS) is 14.0. The fraction of sp³-hybridized carbons (Fsp3) is 0.591. The second kappa shape index (κ2) is 11.9. The number of hydrogen-bond acceptors (Lipinski definition) is 9. The van der Waals surface area contributed by atoms with Crippen molar-refractivity contribution < 1.29 is 19.1 Å². The highest BCUT2D eigenvalue weighted by Gasteiger charge is 2.28.